The van der Waals surface area contributed by atoms with Gasteiger partial charge >= 0.3 is 0 Å². The first kappa shape index (κ1) is 22.1. The molecule has 6 nitrogen and oxygen atoms in total. The lowest BCUT2D eigenvalue weighted by Gasteiger charge is -2.43. The Morgan fingerprint density at radius 3 is 1.91 bits per heavy atom. The molecule has 0 radical (unpaired) electrons. The van der Waals surface area contributed by atoms with Gasteiger partial charge in [-0.25, -0.2) is 8.42 Å². The fourth-order valence-electron chi connectivity index (χ4n) is 2.94. The lowest BCUT2D eigenvalue weighted by atomic mass is 10.1. The van der Waals surface area contributed by atoms with Crippen molar-refractivity contribution in [2.24, 2.45) is 0 Å². The largest absolute Gasteiger partial charge is 0.748 e. The molecular weight excluding hydrogens is 316 g/mol. The number of hydrogen-bond acceptors (Lipinski definition) is 4. The van der Waals surface area contributed by atoms with Crippen LogP contribution >= 0.6 is 0 Å². The number of quaternary nitrogens is 1. The summed E-state index contributed by atoms with van der Waals surface area (Å²) in [5.41, 5.74) is 0.815. The summed E-state index contributed by atoms with van der Waals surface area (Å²) in [5.74, 6) is -0.184. The van der Waals surface area contributed by atoms with Crippen molar-refractivity contribution in [1.82, 2.24) is 5.32 Å². The van der Waals surface area contributed by atoms with Crippen LogP contribution in [0, 0.1) is 0 Å². The van der Waals surface area contributed by atoms with E-state index in [2.05, 4.69) is 33.0 Å². The summed E-state index contributed by atoms with van der Waals surface area (Å²) in [6.45, 7) is 13.4. The van der Waals surface area contributed by atoms with Crippen LogP contribution in [0.2, 0.25) is 0 Å². The van der Waals surface area contributed by atoms with E-state index in [0.29, 0.717) is 6.42 Å². The van der Waals surface area contributed by atoms with E-state index < -0.39 is 10.1 Å². The second-order valence-corrected chi connectivity index (χ2v) is 7.71. The molecule has 0 aromatic carbocycles. The number of amides is 1. The van der Waals surface area contributed by atoms with Crippen molar-refractivity contribution >= 4 is 16.0 Å². The van der Waals surface area contributed by atoms with Crippen molar-refractivity contribution in [2.75, 3.05) is 25.4 Å². The number of carbonyl (C=O) groups excluding carboxylic acids is 1. The molecule has 0 spiro atoms. The molecule has 0 aromatic heterocycles. The summed E-state index contributed by atoms with van der Waals surface area (Å²) in [4.78, 5) is 10.1. The predicted octanol–water partition coefficient (Wildman–Crippen LogP) is 1.99. The second kappa shape index (κ2) is 10.1. The van der Waals surface area contributed by atoms with Gasteiger partial charge in [0.05, 0.1) is 35.8 Å². The standard InChI is InChI=1S/C12H27NO3S.C4H5NO/c1-5-9-13(7-3,10-6-2)12(4)8-11-17(14,15)16;1-3-2-5-4(3)6/h12H,5-11H2,1-4H3;2H,1H3,(H,5,6). The van der Waals surface area contributed by atoms with E-state index in [0.717, 1.165) is 42.5 Å². The molecule has 1 unspecified atom stereocenters. The third-order valence-corrected chi connectivity index (χ3v) is 5.20. The molecule has 0 saturated heterocycles. The zero-order chi connectivity index (χ0) is 18.1. The van der Waals surface area contributed by atoms with Crippen molar-refractivity contribution in [3.8, 4) is 0 Å². The van der Waals surface area contributed by atoms with E-state index in [1.165, 1.54) is 0 Å². The van der Waals surface area contributed by atoms with Crippen LogP contribution in [0.15, 0.2) is 11.8 Å². The normalized spacial score (nSPS) is 15.7. The molecule has 1 atom stereocenters. The molecular formula is C16H32N2O4S. The van der Waals surface area contributed by atoms with Crippen LogP contribution in [0.5, 0.6) is 0 Å². The number of hydrogen-bond donors (Lipinski definition) is 1. The van der Waals surface area contributed by atoms with Crippen LogP contribution in [0.3, 0.4) is 0 Å². The third-order valence-electron chi connectivity index (χ3n) is 4.47. The van der Waals surface area contributed by atoms with E-state index in [4.69, 9.17) is 0 Å². The number of nitrogens with zero attached hydrogens (tertiary/aromatic N) is 1. The molecule has 1 N–H and O–H groups in total. The fourth-order valence-corrected chi connectivity index (χ4v) is 3.57. The summed E-state index contributed by atoms with van der Waals surface area (Å²) in [6.07, 6.45) is 4.33. The molecule has 0 bridgehead atoms. The predicted molar refractivity (Wildman–Crippen MR) is 91.7 cm³/mol. The molecule has 1 rings (SSSR count). The van der Waals surface area contributed by atoms with E-state index in [1.807, 2.05) is 0 Å². The number of nitrogens with one attached hydrogen (secondary N) is 1. The fraction of sp³-hybridized carbons (Fsp3) is 0.812. The summed E-state index contributed by atoms with van der Waals surface area (Å²) in [7, 11) is -4.08. The maximum atomic E-state index is 10.7. The van der Waals surface area contributed by atoms with Gasteiger partial charge in [0.2, 0.25) is 0 Å². The molecule has 0 aliphatic carbocycles. The molecule has 1 aliphatic heterocycles. The zero-order valence-electron chi connectivity index (χ0n) is 15.1. The average molecular weight is 349 g/mol. The quantitative estimate of drug-likeness (QED) is 0.510. The van der Waals surface area contributed by atoms with Crippen LogP contribution in [0.1, 0.15) is 53.9 Å². The molecule has 7 heteroatoms. The minimum Gasteiger partial charge on any atom is -0.748 e. The zero-order valence-corrected chi connectivity index (χ0v) is 15.9. The van der Waals surface area contributed by atoms with Gasteiger partial charge in [0.25, 0.3) is 5.91 Å². The van der Waals surface area contributed by atoms with Gasteiger partial charge < -0.3 is 14.4 Å². The summed E-state index contributed by atoms with van der Waals surface area (Å²) >= 11 is 0. The van der Waals surface area contributed by atoms with Gasteiger partial charge in [-0.2, -0.15) is 0 Å². The van der Waals surface area contributed by atoms with Gasteiger partial charge in [-0.15, -0.1) is 0 Å². The van der Waals surface area contributed by atoms with Gasteiger partial charge in [-0.3, -0.25) is 4.79 Å². The van der Waals surface area contributed by atoms with Crippen LogP contribution in [-0.2, 0) is 14.9 Å². The Bertz CT molecular complexity index is 494. The lowest BCUT2D eigenvalue weighted by Crippen LogP contribution is -2.55. The van der Waals surface area contributed by atoms with Gasteiger partial charge in [0, 0.05) is 23.9 Å². The first-order valence-electron chi connectivity index (χ1n) is 8.38. The Morgan fingerprint density at radius 2 is 1.70 bits per heavy atom. The highest BCUT2D eigenvalue weighted by atomic mass is 32.2. The van der Waals surface area contributed by atoms with Gasteiger partial charge in [0.1, 0.15) is 0 Å². The highest BCUT2D eigenvalue weighted by Crippen LogP contribution is 2.19. The van der Waals surface area contributed by atoms with E-state index in [-0.39, 0.29) is 17.7 Å². The third kappa shape index (κ3) is 7.94. The highest BCUT2D eigenvalue weighted by molar-refractivity contribution is 7.85. The molecule has 136 valence electrons. The van der Waals surface area contributed by atoms with Gasteiger partial charge in [-0.05, 0) is 33.6 Å². The highest BCUT2D eigenvalue weighted by Gasteiger charge is 2.30. The van der Waals surface area contributed by atoms with E-state index in [1.54, 1.807) is 13.1 Å². The van der Waals surface area contributed by atoms with Gasteiger partial charge in [-0.1, -0.05) is 13.8 Å². The Hall–Kier alpha value is -0.920. The van der Waals surface area contributed by atoms with Crippen LogP contribution < -0.4 is 5.32 Å². The first-order valence-corrected chi connectivity index (χ1v) is 9.96. The van der Waals surface area contributed by atoms with Crippen molar-refractivity contribution in [3.05, 3.63) is 11.8 Å². The van der Waals surface area contributed by atoms with Crippen LogP contribution in [-0.4, -0.2) is 54.8 Å². The molecule has 1 amide bonds. The SMILES string of the molecule is CC1=CNC1=O.CCC[N+](CC)(CCC)C(C)CCS(=O)(=O)[O-]. The van der Waals surface area contributed by atoms with Gasteiger partial charge in [0.15, 0.2) is 0 Å². The minimum atomic E-state index is -4.08. The topological polar surface area (TPSA) is 86.3 Å². The monoisotopic (exact) mass is 348 g/mol. The Kier molecular flexibility index (Phi) is 9.65. The average Bonchev–Trinajstić information content (AvgIpc) is 2.50. The second-order valence-electron chi connectivity index (χ2n) is 6.18. The summed E-state index contributed by atoms with van der Waals surface area (Å²) < 4.78 is 33.0. The molecule has 0 aromatic rings. The maximum absolute atomic E-state index is 10.7. The first-order chi connectivity index (χ1) is 10.6. The summed E-state index contributed by atoms with van der Waals surface area (Å²) in [6, 6.07) is 0.239. The smallest absolute Gasteiger partial charge is 0.252 e. The number of carbonyl (C=O) groups is 1. The van der Waals surface area contributed by atoms with Crippen molar-refractivity contribution < 1.29 is 22.2 Å². The van der Waals surface area contributed by atoms with E-state index >= 15 is 0 Å². The molecule has 23 heavy (non-hydrogen) atoms. The molecule has 0 saturated carbocycles. The maximum Gasteiger partial charge on any atom is 0.252 e. The minimum absolute atomic E-state index is 0.0509. The summed E-state index contributed by atoms with van der Waals surface area (Å²) in [5, 5.41) is 2.46. The Labute approximate surface area is 141 Å². The molecule has 1 heterocycles. The van der Waals surface area contributed by atoms with E-state index in [9.17, 15) is 17.8 Å². The van der Waals surface area contributed by atoms with Crippen LogP contribution in [0.4, 0.5) is 0 Å². The lowest BCUT2D eigenvalue weighted by molar-refractivity contribution is -0.948. The van der Waals surface area contributed by atoms with Crippen molar-refractivity contribution in [3.63, 3.8) is 0 Å². The van der Waals surface area contributed by atoms with Crippen LogP contribution in [0.25, 0.3) is 0 Å². The molecule has 0 fully saturated rings. The molecule has 1 aliphatic rings. The Balaban J connectivity index is 0.000000664. The van der Waals surface area contributed by atoms with Crippen molar-refractivity contribution in [1.29, 1.82) is 0 Å². The Morgan fingerprint density at radius 1 is 1.22 bits per heavy atom. The van der Waals surface area contributed by atoms with Crippen molar-refractivity contribution in [2.45, 2.75) is 59.9 Å². The number of rotatable bonds is 9.